The van der Waals surface area contributed by atoms with Crippen LogP contribution >= 0.6 is 0 Å². The summed E-state index contributed by atoms with van der Waals surface area (Å²) >= 11 is 0. The highest BCUT2D eigenvalue weighted by Crippen LogP contribution is 2.17. The highest BCUT2D eigenvalue weighted by atomic mass is 16.5. The Bertz CT molecular complexity index is 856. The first-order valence-corrected chi connectivity index (χ1v) is 8.24. The maximum Gasteiger partial charge on any atom is 0.272 e. The van der Waals surface area contributed by atoms with Crippen LogP contribution in [0.2, 0.25) is 0 Å². The number of nitrogens with zero attached hydrogens (tertiary/aromatic N) is 2. The van der Waals surface area contributed by atoms with Gasteiger partial charge in [-0.3, -0.25) is 4.79 Å². The Morgan fingerprint density at radius 1 is 1.16 bits per heavy atom. The molecule has 2 aromatic heterocycles. The zero-order chi connectivity index (χ0) is 17.6. The van der Waals surface area contributed by atoms with Crippen LogP contribution in [0.5, 0.6) is 11.5 Å². The minimum atomic E-state index is -0.193. The van der Waals surface area contributed by atoms with Crippen LogP contribution in [-0.2, 0) is 6.42 Å². The topological polar surface area (TPSA) is 64.9 Å². The van der Waals surface area contributed by atoms with Crippen molar-refractivity contribution in [3.63, 3.8) is 0 Å². The van der Waals surface area contributed by atoms with Gasteiger partial charge in [-0.25, -0.2) is 4.98 Å². The summed E-state index contributed by atoms with van der Waals surface area (Å²) in [6.07, 6.45) is 2.68. The van der Waals surface area contributed by atoms with E-state index in [2.05, 4.69) is 10.3 Å². The first kappa shape index (κ1) is 16.8. The van der Waals surface area contributed by atoms with E-state index in [1.807, 2.05) is 60.0 Å². The maximum absolute atomic E-state index is 12.4. The molecular weight excluding hydrogens is 318 g/mol. The number of carbonyl (C=O) groups is 1. The Hall–Kier alpha value is -3.02. The molecule has 6 nitrogen and oxygen atoms in total. The van der Waals surface area contributed by atoms with E-state index in [-0.39, 0.29) is 5.91 Å². The highest BCUT2D eigenvalue weighted by molar-refractivity contribution is 5.99. The van der Waals surface area contributed by atoms with E-state index in [9.17, 15) is 4.79 Å². The fourth-order valence-corrected chi connectivity index (χ4v) is 2.61. The Morgan fingerprint density at radius 2 is 1.92 bits per heavy atom. The van der Waals surface area contributed by atoms with E-state index in [1.54, 1.807) is 7.11 Å². The largest absolute Gasteiger partial charge is 0.497 e. The van der Waals surface area contributed by atoms with Crippen molar-refractivity contribution in [1.29, 1.82) is 0 Å². The van der Waals surface area contributed by atoms with Crippen molar-refractivity contribution in [2.75, 3.05) is 20.3 Å². The molecule has 0 fully saturated rings. The van der Waals surface area contributed by atoms with Gasteiger partial charge in [0.25, 0.3) is 5.91 Å². The molecule has 0 aliphatic carbocycles. The molecule has 0 aliphatic rings. The third-order valence-corrected chi connectivity index (χ3v) is 3.87. The molecule has 25 heavy (non-hydrogen) atoms. The number of carbonyl (C=O) groups excluding carboxylic acids is 1. The van der Waals surface area contributed by atoms with Crippen LogP contribution in [0.3, 0.4) is 0 Å². The second kappa shape index (κ2) is 7.70. The molecule has 0 unspecified atom stereocenters. The Kier molecular flexibility index (Phi) is 5.18. The number of hydrogen-bond donors (Lipinski definition) is 1. The van der Waals surface area contributed by atoms with Crippen molar-refractivity contribution in [3.8, 4) is 11.5 Å². The van der Waals surface area contributed by atoms with E-state index in [1.165, 1.54) is 0 Å². The van der Waals surface area contributed by atoms with Gasteiger partial charge in [-0.2, -0.15) is 0 Å². The van der Waals surface area contributed by atoms with Gasteiger partial charge in [-0.1, -0.05) is 13.0 Å². The number of aromatic nitrogens is 2. The summed E-state index contributed by atoms with van der Waals surface area (Å²) in [4.78, 5) is 16.9. The van der Waals surface area contributed by atoms with Gasteiger partial charge in [0.05, 0.1) is 19.2 Å². The molecular formula is C19H21N3O3. The molecule has 0 saturated heterocycles. The molecule has 1 aromatic carbocycles. The van der Waals surface area contributed by atoms with Crippen molar-refractivity contribution in [2.45, 2.75) is 13.3 Å². The summed E-state index contributed by atoms with van der Waals surface area (Å²) in [5.41, 5.74) is 1.26. The summed E-state index contributed by atoms with van der Waals surface area (Å²) in [6.45, 7) is 2.80. The Morgan fingerprint density at radius 3 is 2.64 bits per heavy atom. The molecule has 1 N–H and O–H groups in total. The Labute approximate surface area is 146 Å². The van der Waals surface area contributed by atoms with E-state index in [4.69, 9.17) is 9.47 Å². The van der Waals surface area contributed by atoms with Gasteiger partial charge in [-0.15, -0.1) is 0 Å². The molecule has 0 aliphatic heterocycles. The van der Waals surface area contributed by atoms with E-state index < -0.39 is 0 Å². The second-order valence-electron chi connectivity index (χ2n) is 5.47. The average molecular weight is 339 g/mol. The quantitative estimate of drug-likeness (QED) is 0.672. The minimum Gasteiger partial charge on any atom is -0.497 e. The van der Waals surface area contributed by atoms with Gasteiger partial charge in [0.1, 0.15) is 23.9 Å². The minimum absolute atomic E-state index is 0.193. The first-order valence-electron chi connectivity index (χ1n) is 8.24. The molecule has 0 radical (unpaired) electrons. The molecule has 0 atom stereocenters. The lowest BCUT2D eigenvalue weighted by atomic mass is 10.3. The number of ether oxygens (including phenoxy) is 2. The molecule has 6 heteroatoms. The van der Waals surface area contributed by atoms with Crippen LogP contribution in [0.15, 0.2) is 48.7 Å². The highest BCUT2D eigenvalue weighted by Gasteiger charge is 2.15. The van der Waals surface area contributed by atoms with Gasteiger partial charge in [0.15, 0.2) is 5.69 Å². The lowest BCUT2D eigenvalue weighted by molar-refractivity contribution is 0.0944. The van der Waals surface area contributed by atoms with Crippen LogP contribution in [-0.4, -0.2) is 35.6 Å². The van der Waals surface area contributed by atoms with Crippen molar-refractivity contribution >= 4 is 11.4 Å². The summed E-state index contributed by atoms with van der Waals surface area (Å²) in [5, 5.41) is 2.86. The van der Waals surface area contributed by atoms with Crippen LogP contribution in [0.25, 0.3) is 5.52 Å². The van der Waals surface area contributed by atoms with Gasteiger partial charge < -0.3 is 19.2 Å². The third kappa shape index (κ3) is 3.74. The Balaban J connectivity index is 1.57. The van der Waals surface area contributed by atoms with E-state index in [0.717, 1.165) is 29.3 Å². The average Bonchev–Trinajstić information content (AvgIpc) is 3.04. The number of amides is 1. The third-order valence-electron chi connectivity index (χ3n) is 3.87. The fourth-order valence-electron chi connectivity index (χ4n) is 2.61. The number of imidazole rings is 1. The number of fused-ring (bicyclic) bond motifs is 1. The summed E-state index contributed by atoms with van der Waals surface area (Å²) < 4.78 is 12.7. The molecule has 3 rings (SSSR count). The van der Waals surface area contributed by atoms with Gasteiger partial charge in [-0.05, 0) is 36.4 Å². The molecule has 0 saturated carbocycles. The maximum atomic E-state index is 12.4. The number of rotatable bonds is 7. The predicted molar refractivity (Wildman–Crippen MR) is 95.4 cm³/mol. The van der Waals surface area contributed by atoms with Gasteiger partial charge in [0, 0.05) is 12.6 Å². The smallest absolute Gasteiger partial charge is 0.272 e. The van der Waals surface area contributed by atoms with Crippen LogP contribution in [0.4, 0.5) is 0 Å². The summed E-state index contributed by atoms with van der Waals surface area (Å²) in [7, 11) is 1.62. The molecule has 0 spiro atoms. The number of methoxy groups -OCH3 is 1. The molecule has 0 bridgehead atoms. The van der Waals surface area contributed by atoms with E-state index >= 15 is 0 Å². The number of nitrogens with one attached hydrogen (secondary N) is 1. The van der Waals surface area contributed by atoms with Crippen molar-refractivity contribution in [2.24, 2.45) is 0 Å². The zero-order valence-electron chi connectivity index (χ0n) is 14.4. The summed E-state index contributed by atoms with van der Waals surface area (Å²) in [6, 6.07) is 13.1. The van der Waals surface area contributed by atoms with Crippen molar-refractivity contribution in [3.05, 3.63) is 60.2 Å². The molecule has 3 aromatic rings. The standard InChI is InChI=1S/C19H21N3O3/c1-3-17-21-18(16-6-4-5-12-22(16)17)19(23)20-11-13-25-15-9-7-14(24-2)8-10-15/h4-10,12H,3,11,13H2,1-2H3,(H,20,23). The SMILES string of the molecule is CCc1nc(C(=O)NCCOc2ccc(OC)cc2)c2ccccn12. The van der Waals surface area contributed by atoms with Gasteiger partial charge in [0.2, 0.25) is 0 Å². The molecule has 1 amide bonds. The van der Waals surface area contributed by atoms with Crippen molar-refractivity contribution in [1.82, 2.24) is 14.7 Å². The van der Waals surface area contributed by atoms with Crippen LogP contribution in [0, 0.1) is 0 Å². The van der Waals surface area contributed by atoms with Gasteiger partial charge >= 0.3 is 0 Å². The lowest BCUT2D eigenvalue weighted by Crippen LogP contribution is -2.28. The number of pyridine rings is 1. The number of hydrogen-bond acceptors (Lipinski definition) is 4. The predicted octanol–water partition coefficient (Wildman–Crippen LogP) is 2.71. The van der Waals surface area contributed by atoms with E-state index in [0.29, 0.717) is 18.8 Å². The fraction of sp³-hybridized carbons (Fsp3) is 0.263. The number of aryl methyl sites for hydroxylation is 1. The number of benzene rings is 1. The van der Waals surface area contributed by atoms with Crippen LogP contribution < -0.4 is 14.8 Å². The first-order chi connectivity index (χ1) is 12.2. The normalized spacial score (nSPS) is 10.6. The molecule has 2 heterocycles. The second-order valence-corrected chi connectivity index (χ2v) is 5.47. The zero-order valence-corrected chi connectivity index (χ0v) is 14.4. The molecule has 130 valence electrons. The van der Waals surface area contributed by atoms with Crippen LogP contribution in [0.1, 0.15) is 23.2 Å². The monoisotopic (exact) mass is 339 g/mol. The summed E-state index contributed by atoms with van der Waals surface area (Å²) in [5.74, 6) is 2.19. The van der Waals surface area contributed by atoms with Crippen molar-refractivity contribution < 1.29 is 14.3 Å². The lowest BCUT2D eigenvalue weighted by Gasteiger charge is -2.08.